The number of hydrogen-bond acceptors (Lipinski definition) is 2. The van der Waals surface area contributed by atoms with E-state index >= 15 is 0 Å². The summed E-state index contributed by atoms with van der Waals surface area (Å²) in [6, 6.07) is 6.10. The number of nitrogens with one attached hydrogen (secondary N) is 2. The van der Waals surface area contributed by atoms with Crippen LogP contribution in [0.1, 0.15) is 12.8 Å². The molecule has 3 aliphatic rings. The summed E-state index contributed by atoms with van der Waals surface area (Å²) in [4.78, 5) is 13.3. The number of amides is 1. The second-order valence-corrected chi connectivity index (χ2v) is 5.34. The van der Waals surface area contributed by atoms with Crippen molar-refractivity contribution in [3.63, 3.8) is 0 Å². The van der Waals surface area contributed by atoms with Crippen molar-refractivity contribution in [3.8, 4) is 0 Å². The summed E-state index contributed by atoms with van der Waals surface area (Å²) in [7, 11) is 0. The minimum Gasteiger partial charge on any atom is -0.440 e. The molecule has 1 amide bonds. The lowest BCUT2D eigenvalue weighted by molar-refractivity contribution is -0.920. The minimum atomic E-state index is -0.553. The van der Waals surface area contributed by atoms with Gasteiger partial charge in [0.05, 0.1) is 18.8 Å². The Hall–Kier alpha value is -1.62. The largest absolute Gasteiger partial charge is 0.440 e. The van der Waals surface area contributed by atoms with Gasteiger partial charge in [0.25, 0.3) is 0 Å². The van der Waals surface area contributed by atoms with Gasteiger partial charge in [0, 0.05) is 18.8 Å². The SMILES string of the molecule is O=C(Nc1ccccc1F)O[C@H]1C[NH+]2CCC1CC2. The number of carbonyl (C=O) groups excluding carboxylic acids is 1. The summed E-state index contributed by atoms with van der Waals surface area (Å²) in [5.41, 5.74) is 0.168. The number of piperidine rings is 3. The van der Waals surface area contributed by atoms with E-state index < -0.39 is 11.9 Å². The molecule has 1 atom stereocenters. The van der Waals surface area contributed by atoms with Crippen molar-refractivity contribution >= 4 is 11.8 Å². The van der Waals surface area contributed by atoms with Crippen LogP contribution in [0.5, 0.6) is 0 Å². The van der Waals surface area contributed by atoms with E-state index in [0.29, 0.717) is 5.92 Å². The molecule has 2 bridgehead atoms. The van der Waals surface area contributed by atoms with Gasteiger partial charge < -0.3 is 9.64 Å². The molecule has 0 aliphatic carbocycles. The minimum absolute atomic E-state index is 0.0238. The molecule has 5 heteroatoms. The maximum Gasteiger partial charge on any atom is 0.412 e. The number of para-hydroxylation sites is 1. The smallest absolute Gasteiger partial charge is 0.412 e. The molecule has 3 aliphatic heterocycles. The van der Waals surface area contributed by atoms with Gasteiger partial charge in [0.2, 0.25) is 0 Å². The molecule has 2 N–H and O–H groups in total. The van der Waals surface area contributed by atoms with Crippen molar-refractivity contribution in [1.29, 1.82) is 0 Å². The van der Waals surface area contributed by atoms with Gasteiger partial charge >= 0.3 is 6.09 Å². The van der Waals surface area contributed by atoms with Gasteiger partial charge in [-0.1, -0.05) is 12.1 Å². The number of rotatable bonds is 2. The third kappa shape index (κ3) is 2.71. The van der Waals surface area contributed by atoms with E-state index in [0.717, 1.165) is 19.4 Å². The van der Waals surface area contributed by atoms with Crippen LogP contribution >= 0.6 is 0 Å². The second-order valence-electron chi connectivity index (χ2n) is 5.34. The summed E-state index contributed by atoms with van der Waals surface area (Å²) < 4.78 is 18.9. The van der Waals surface area contributed by atoms with Crippen LogP contribution in [0.25, 0.3) is 0 Å². The Morgan fingerprint density at radius 3 is 2.68 bits per heavy atom. The van der Waals surface area contributed by atoms with Crippen LogP contribution in [0.3, 0.4) is 0 Å². The van der Waals surface area contributed by atoms with E-state index in [1.165, 1.54) is 30.1 Å². The predicted octanol–water partition coefficient (Wildman–Crippen LogP) is 1.05. The lowest BCUT2D eigenvalue weighted by Gasteiger charge is -2.40. The highest BCUT2D eigenvalue weighted by atomic mass is 19.1. The molecule has 0 aromatic heterocycles. The number of carbonyl (C=O) groups is 1. The number of benzene rings is 1. The Morgan fingerprint density at radius 2 is 2.05 bits per heavy atom. The fourth-order valence-electron chi connectivity index (χ4n) is 3.05. The van der Waals surface area contributed by atoms with Gasteiger partial charge in [-0.25, -0.2) is 9.18 Å². The third-order valence-corrected chi connectivity index (χ3v) is 4.12. The van der Waals surface area contributed by atoms with E-state index in [-0.39, 0.29) is 11.8 Å². The number of fused-ring (bicyclic) bond motifs is 3. The molecule has 1 aromatic rings. The van der Waals surface area contributed by atoms with E-state index in [2.05, 4.69) is 5.32 Å². The monoisotopic (exact) mass is 265 g/mol. The number of quaternary nitrogens is 1. The summed E-state index contributed by atoms with van der Waals surface area (Å²) in [6.45, 7) is 3.24. The zero-order valence-corrected chi connectivity index (χ0v) is 10.7. The van der Waals surface area contributed by atoms with Gasteiger partial charge in [0.1, 0.15) is 12.4 Å². The number of hydrogen-bond donors (Lipinski definition) is 2. The Kier molecular flexibility index (Phi) is 3.38. The third-order valence-electron chi connectivity index (χ3n) is 4.12. The van der Waals surface area contributed by atoms with E-state index in [1.54, 1.807) is 12.1 Å². The molecule has 1 aromatic carbocycles. The van der Waals surface area contributed by atoms with Crippen LogP contribution in [-0.4, -0.2) is 31.8 Å². The molecule has 0 unspecified atom stereocenters. The fourth-order valence-corrected chi connectivity index (χ4v) is 3.05. The molecule has 102 valence electrons. The van der Waals surface area contributed by atoms with Gasteiger partial charge in [0.15, 0.2) is 6.10 Å². The van der Waals surface area contributed by atoms with Crippen LogP contribution in [-0.2, 0) is 4.74 Å². The topological polar surface area (TPSA) is 42.8 Å². The quantitative estimate of drug-likeness (QED) is 0.839. The fraction of sp³-hybridized carbons (Fsp3) is 0.500. The second kappa shape index (κ2) is 5.17. The highest BCUT2D eigenvalue weighted by Gasteiger charge is 2.39. The lowest BCUT2D eigenvalue weighted by atomic mass is 9.86. The Labute approximate surface area is 111 Å². The molecule has 0 saturated carbocycles. The zero-order chi connectivity index (χ0) is 13.2. The van der Waals surface area contributed by atoms with Crippen LogP contribution in [0.2, 0.25) is 0 Å². The van der Waals surface area contributed by atoms with Gasteiger partial charge in [-0.05, 0) is 12.1 Å². The van der Waals surface area contributed by atoms with Crippen LogP contribution in [0.4, 0.5) is 14.9 Å². The van der Waals surface area contributed by atoms with E-state index in [9.17, 15) is 9.18 Å². The highest BCUT2D eigenvalue weighted by Crippen LogP contribution is 2.21. The first-order valence-corrected chi connectivity index (χ1v) is 6.78. The van der Waals surface area contributed by atoms with Crippen molar-refractivity contribution < 1.29 is 18.8 Å². The first-order valence-electron chi connectivity index (χ1n) is 6.78. The summed E-state index contributed by atoms with van der Waals surface area (Å²) >= 11 is 0. The summed E-state index contributed by atoms with van der Waals surface area (Å²) in [6.07, 6.45) is 1.66. The van der Waals surface area contributed by atoms with E-state index in [4.69, 9.17) is 4.74 Å². The van der Waals surface area contributed by atoms with Crippen LogP contribution in [0, 0.1) is 11.7 Å². The number of halogens is 1. The molecular formula is C14H18FN2O2+. The predicted molar refractivity (Wildman–Crippen MR) is 68.6 cm³/mol. The number of ether oxygens (including phenoxy) is 1. The van der Waals surface area contributed by atoms with E-state index in [1.807, 2.05) is 0 Å². The van der Waals surface area contributed by atoms with Crippen LogP contribution < -0.4 is 10.2 Å². The molecular weight excluding hydrogens is 247 g/mol. The van der Waals surface area contributed by atoms with Crippen molar-refractivity contribution in [2.45, 2.75) is 18.9 Å². The molecule has 3 fully saturated rings. The molecule has 19 heavy (non-hydrogen) atoms. The first kappa shape index (κ1) is 12.4. The summed E-state index contributed by atoms with van der Waals surface area (Å²) in [5, 5.41) is 2.47. The average Bonchev–Trinajstić information content (AvgIpc) is 2.43. The molecule has 3 saturated heterocycles. The maximum absolute atomic E-state index is 13.4. The zero-order valence-electron chi connectivity index (χ0n) is 10.7. The van der Waals surface area contributed by atoms with Crippen molar-refractivity contribution in [2.24, 2.45) is 5.92 Å². The normalized spacial score (nSPS) is 29.0. The van der Waals surface area contributed by atoms with Gasteiger partial charge in [-0.3, -0.25) is 5.32 Å². The molecule has 4 rings (SSSR count). The first-order chi connectivity index (χ1) is 9.22. The Balaban J connectivity index is 1.58. The molecule has 0 spiro atoms. The molecule has 3 heterocycles. The van der Waals surface area contributed by atoms with Crippen molar-refractivity contribution in [1.82, 2.24) is 0 Å². The molecule has 4 nitrogen and oxygen atoms in total. The van der Waals surface area contributed by atoms with Crippen molar-refractivity contribution in [2.75, 3.05) is 25.0 Å². The van der Waals surface area contributed by atoms with Gasteiger partial charge in [-0.2, -0.15) is 0 Å². The Bertz CT molecular complexity index is 472. The lowest BCUT2D eigenvalue weighted by Crippen LogP contribution is -3.16. The van der Waals surface area contributed by atoms with Gasteiger partial charge in [-0.15, -0.1) is 0 Å². The van der Waals surface area contributed by atoms with Crippen molar-refractivity contribution in [3.05, 3.63) is 30.1 Å². The van der Waals surface area contributed by atoms with Crippen LogP contribution in [0.15, 0.2) is 24.3 Å². The average molecular weight is 265 g/mol. The standard InChI is InChI=1S/C14H17FN2O2/c15-11-3-1-2-4-12(11)16-14(18)19-13-9-17-7-5-10(13)6-8-17/h1-4,10,13H,5-9H2,(H,16,18)/p+1/t13-/m0/s1. The molecule has 0 radical (unpaired) electrons. The Morgan fingerprint density at radius 1 is 1.32 bits per heavy atom. The number of anilines is 1. The highest BCUT2D eigenvalue weighted by molar-refractivity contribution is 5.84. The summed E-state index contributed by atoms with van der Waals surface area (Å²) in [5.74, 6) is 0.0304. The maximum atomic E-state index is 13.4.